The second kappa shape index (κ2) is 19.8. The molecule has 4 nitrogen and oxygen atoms in total. The minimum atomic E-state index is -1.11. The zero-order chi connectivity index (χ0) is 21.7. The summed E-state index contributed by atoms with van der Waals surface area (Å²) in [5.41, 5.74) is 5.67. The molecule has 0 spiro atoms. The van der Waals surface area contributed by atoms with Gasteiger partial charge in [0.2, 0.25) is 0 Å². The molecule has 0 aromatic heterocycles. The van der Waals surface area contributed by atoms with Gasteiger partial charge in [-0.2, -0.15) is 0 Å². The van der Waals surface area contributed by atoms with Gasteiger partial charge in [0.1, 0.15) is 11.3 Å². The van der Waals surface area contributed by atoms with E-state index in [2.05, 4.69) is 13.8 Å². The zero-order valence-electron chi connectivity index (χ0n) is 18.9. The van der Waals surface area contributed by atoms with E-state index < -0.39 is 5.97 Å². The Bertz CT molecular complexity index is 503. The lowest BCUT2D eigenvalue weighted by molar-refractivity contribution is 0.0693. The molecule has 0 aliphatic carbocycles. The van der Waals surface area contributed by atoms with Gasteiger partial charge in [-0.3, -0.25) is 0 Å². The number of carbonyl (C=O) groups is 1. The summed E-state index contributed by atoms with van der Waals surface area (Å²) in [5, 5.41) is 17.3. The van der Waals surface area contributed by atoms with Gasteiger partial charge in [0.25, 0.3) is 0 Å². The highest BCUT2D eigenvalue weighted by atomic mass is 16.4. The van der Waals surface area contributed by atoms with Crippen LogP contribution in [0.15, 0.2) is 24.3 Å². The smallest absolute Gasteiger partial charge is 0.339 e. The van der Waals surface area contributed by atoms with E-state index in [0.29, 0.717) is 6.04 Å². The van der Waals surface area contributed by atoms with Crippen LogP contribution in [0.25, 0.3) is 0 Å². The Morgan fingerprint density at radius 1 is 0.828 bits per heavy atom. The van der Waals surface area contributed by atoms with Crippen molar-refractivity contribution in [3.05, 3.63) is 29.8 Å². The topological polar surface area (TPSA) is 83.6 Å². The fourth-order valence-corrected chi connectivity index (χ4v) is 3.32. The molecule has 0 amide bonds. The summed E-state index contributed by atoms with van der Waals surface area (Å²) in [6, 6.07) is 6.21. The number of aromatic carboxylic acids is 1. The number of phenols is 1. The molecule has 0 saturated heterocycles. The number of aromatic hydroxyl groups is 1. The van der Waals surface area contributed by atoms with Crippen LogP contribution < -0.4 is 5.73 Å². The lowest BCUT2D eigenvalue weighted by Gasteiger charge is -2.05. The van der Waals surface area contributed by atoms with Gasteiger partial charge < -0.3 is 15.9 Å². The number of para-hydroxylation sites is 1. The molecule has 1 unspecified atom stereocenters. The summed E-state index contributed by atoms with van der Waals surface area (Å²) in [7, 11) is 0. The van der Waals surface area contributed by atoms with Crippen LogP contribution in [0.1, 0.15) is 121 Å². The van der Waals surface area contributed by atoms with Crippen molar-refractivity contribution in [2.75, 3.05) is 0 Å². The second-order valence-electron chi connectivity index (χ2n) is 8.18. The Morgan fingerprint density at radius 2 is 1.24 bits per heavy atom. The van der Waals surface area contributed by atoms with Crippen LogP contribution in [-0.4, -0.2) is 22.2 Å². The molecule has 1 atom stereocenters. The fraction of sp³-hybridized carbons (Fsp3) is 0.720. The molecule has 1 aromatic carbocycles. The first-order valence-corrected chi connectivity index (χ1v) is 11.8. The van der Waals surface area contributed by atoms with Crippen LogP contribution >= 0.6 is 0 Å². The van der Waals surface area contributed by atoms with E-state index in [9.17, 15) is 4.79 Å². The second-order valence-corrected chi connectivity index (χ2v) is 8.18. The quantitative estimate of drug-likeness (QED) is 0.251. The Kier molecular flexibility index (Phi) is 18.7. The maximum absolute atomic E-state index is 10.3. The van der Waals surface area contributed by atoms with E-state index in [1.54, 1.807) is 12.1 Å². The Balaban J connectivity index is 0.000000651. The Hall–Kier alpha value is -1.55. The van der Waals surface area contributed by atoms with Crippen LogP contribution in [0.3, 0.4) is 0 Å². The van der Waals surface area contributed by atoms with Gasteiger partial charge in [0.15, 0.2) is 0 Å². The SMILES string of the molecule is CCCCCCCCCCCCCCCCC(C)N.O=C(O)c1ccccc1O. The van der Waals surface area contributed by atoms with Crippen LogP contribution in [0.5, 0.6) is 5.75 Å². The van der Waals surface area contributed by atoms with E-state index in [0.717, 1.165) is 0 Å². The number of nitrogens with two attached hydrogens (primary N) is 1. The molecule has 0 fully saturated rings. The number of benzene rings is 1. The van der Waals surface area contributed by atoms with Gasteiger partial charge in [-0.05, 0) is 25.5 Å². The monoisotopic (exact) mass is 407 g/mol. The van der Waals surface area contributed by atoms with Gasteiger partial charge in [-0.25, -0.2) is 4.79 Å². The van der Waals surface area contributed by atoms with Crippen LogP contribution in [0.4, 0.5) is 0 Å². The van der Waals surface area contributed by atoms with Crippen molar-refractivity contribution < 1.29 is 15.0 Å². The minimum absolute atomic E-state index is 0.0671. The van der Waals surface area contributed by atoms with E-state index in [4.69, 9.17) is 15.9 Å². The molecule has 4 N–H and O–H groups in total. The van der Waals surface area contributed by atoms with Gasteiger partial charge >= 0.3 is 5.97 Å². The van der Waals surface area contributed by atoms with Gasteiger partial charge in [-0.1, -0.05) is 109 Å². The molecule has 1 aromatic rings. The molecule has 0 saturated carbocycles. The average molecular weight is 408 g/mol. The molecule has 0 aliphatic heterocycles. The van der Waals surface area contributed by atoms with Crippen molar-refractivity contribution in [2.45, 2.75) is 116 Å². The molecular weight excluding hydrogens is 362 g/mol. The summed E-state index contributed by atoms with van der Waals surface area (Å²) in [4.78, 5) is 10.3. The largest absolute Gasteiger partial charge is 0.507 e. The number of unbranched alkanes of at least 4 members (excludes halogenated alkanes) is 13. The number of hydrogen-bond acceptors (Lipinski definition) is 3. The summed E-state index contributed by atoms with van der Waals surface area (Å²) in [5.74, 6) is -1.31. The summed E-state index contributed by atoms with van der Waals surface area (Å²) < 4.78 is 0. The first-order chi connectivity index (χ1) is 14.0. The highest BCUT2D eigenvalue weighted by molar-refractivity contribution is 5.90. The maximum Gasteiger partial charge on any atom is 0.339 e. The van der Waals surface area contributed by atoms with Crippen molar-refractivity contribution in [1.29, 1.82) is 0 Å². The minimum Gasteiger partial charge on any atom is -0.507 e. The summed E-state index contributed by atoms with van der Waals surface area (Å²) >= 11 is 0. The predicted octanol–water partition coefficient (Wildman–Crippen LogP) is 7.30. The molecule has 0 aliphatic rings. The maximum atomic E-state index is 10.3. The van der Waals surface area contributed by atoms with Crippen molar-refractivity contribution in [2.24, 2.45) is 5.73 Å². The number of carboxylic acid groups (broad SMARTS) is 1. The first kappa shape index (κ1) is 27.5. The molecule has 168 valence electrons. The van der Waals surface area contributed by atoms with Crippen LogP contribution in [0, 0.1) is 0 Å². The first-order valence-electron chi connectivity index (χ1n) is 11.8. The molecule has 1 rings (SSSR count). The van der Waals surface area contributed by atoms with Crippen molar-refractivity contribution >= 4 is 5.97 Å². The Labute approximate surface area is 178 Å². The fourth-order valence-electron chi connectivity index (χ4n) is 3.32. The molecule has 0 heterocycles. The normalized spacial score (nSPS) is 11.6. The van der Waals surface area contributed by atoms with Gasteiger partial charge in [-0.15, -0.1) is 0 Å². The van der Waals surface area contributed by atoms with E-state index in [1.807, 2.05) is 0 Å². The van der Waals surface area contributed by atoms with E-state index in [-0.39, 0.29) is 11.3 Å². The molecule has 0 bridgehead atoms. The molecule has 4 heteroatoms. The van der Waals surface area contributed by atoms with Crippen molar-refractivity contribution in [3.8, 4) is 5.75 Å². The lowest BCUT2D eigenvalue weighted by atomic mass is 10.0. The van der Waals surface area contributed by atoms with Gasteiger partial charge in [0, 0.05) is 6.04 Å². The molecular formula is C25H45NO3. The number of hydrogen-bond donors (Lipinski definition) is 3. The third-order valence-electron chi connectivity index (χ3n) is 5.15. The zero-order valence-corrected chi connectivity index (χ0v) is 18.9. The molecule has 29 heavy (non-hydrogen) atoms. The van der Waals surface area contributed by atoms with Crippen molar-refractivity contribution in [3.63, 3.8) is 0 Å². The van der Waals surface area contributed by atoms with Crippen molar-refractivity contribution in [1.82, 2.24) is 0 Å². The van der Waals surface area contributed by atoms with Crippen LogP contribution in [0.2, 0.25) is 0 Å². The van der Waals surface area contributed by atoms with E-state index in [1.165, 1.54) is 108 Å². The third kappa shape index (κ3) is 18.2. The summed E-state index contributed by atoms with van der Waals surface area (Å²) in [6.45, 7) is 4.40. The highest BCUT2D eigenvalue weighted by Crippen LogP contribution is 2.15. The van der Waals surface area contributed by atoms with Crippen LogP contribution in [-0.2, 0) is 0 Å². The van der Waals surface area contributed by atoms with Gasteiger partial charge in [0.05, 0.1) is 0 Å². The summed E-state index contributed by atoms with van der Waals surface area (Å²) in [6.07, 6.45) is 21.3. The lowest BCUT2D eigenvalue weighted by Crippen LogP contribution is -2.13. The average Bonchev–Trinajstić information content (AvgIpc) is 2.68. The highest BCUT2D eigenvalue weighted by Gasteiger charge is 2.05. The predicted molar refractivity (Wildman–Crippen MR) is 124 cm³/mol. The standard InChI is InChI=1S/C18H39N.C7H6O3/c1-3-4-5-6-7-8-9-10-11-12-13-14-15-16-17-18(2)19;8-6-4-2-1-3-5(6)7(9)10/h18H,3-17,19H2,1-2H3;1-4,8H,(H,9,10). The third-order valence-corrected chi connectivity index (χ3v) is 5.15. The molecule has 0 radical (unpaired) electrons. The number of carboxylic acids is 1. The van der Waals surface area contributed by atoms with E-state index >= 15 is 0 Å². The Morgan fingerprint density at radius 3 is 1.59 bits per heavy atom. The number of rotatable bonds is 16.